The van der Waals surface area contributed by atoms with E-state index >= 15 is 0 Å². The van der Waals surface area contributed by atoms with Gasteiger partial charge in [-0.15, -0.1) is 0 Å². The van der Waals surface area contributed by atoms with E-state index in [9.17, 15) is 4.21 Å². The Morgan fingerprint density at radius 1 is 1.24 bits per heavy atom. The second kappa shape index (κ2) is 6.01. The first-order chi connectivity index (χ1) is 9.68. The van der Waals surface area contributed by atoms with Crippen LogP contribution in [0.2, 0.25) is 0 Å². The highest BCUT2D eigenvalue weighted by molar-refractivity contribution is 7.85. The van der Waals surface area contributed by atoms with Crippen molar-refractivity contribution < 1.29 is 4.21 Å². The summed E-state index contributed by atoms with van der Waals surface area (Å²) >= 11 is 0. The molecule has 0 N–H and O–H groups in total. The summed E-state index contributed by atoms with van der Waals surface area (Å²) in [5, 5.41) is 0. The summed E-state index contributed by atoms with van der Waals surface area (Å²) < 4.78 is 16.4. The lowest BCUT2D eigenvalue weighted by atomic mass is 10.0. The molecule has 1 aliphatic rings. The van der Waals surface area contributed by atoms with Gasteiger partial charge in [0.1, 0.15) is 11.0 Å². The monoisotopic (exact) mass is 306 g/mol. The van der Waals surface area contributed by atoms with Crippen molar-refractivity contribution in [3.05, 3.63) is 35.9 Å². The van der Waals surface area contributed by atoms with E-state index < -0.39 is 11.0 Å². The Morgan fingerprint density at radius 2 is 1.86 bits per heavy atom. The van der Waals surface area contributed by atoms with Gasteiger partial charge < -0.3 is 0 Å². The molecule has 2 rings (SSSR count). The highest BCUT2D eigenvalue weighted by Crippen LogP contribution is 2.29. The molecule has 0 spiro atoms. The Balaban J connectivity index is 2.12. The molecule has 1 fully saturated rings. The molecule has 1 atom stereocenters. The Hall–Kier alpha value is -1.00. The minimum absolute atomic E-state index is 0.0662. The lowest BCUT2D eigenvalue weighted by Crippen LogP contribution is -2.37. The van der Waals surface area contributed by atoms with Crippen molar-refractivity contribution in [3.8, 4) is 0 Å². The number of benzene rings is 1. The molecule has 3 nitrogen and oxygen atoms in total. The van der Waals surface area contributed by atoms with E-state index in [4.69, 9.17) is 0 Å². The molecular formula is C17H26N2OS. The van der Waals surface area contributed by atoms with Gasteiger partial charge in [0, 0.05) is 30.8 Å². The zero-order valence-electron chi connectivity index (χ0n) is 13.7. The molecule has 0 aliphatic carbocycles. The maximum Gasteiger partial charge on any atom is 0.144 e. The van der Waals surface area contributed by atoms with Crippen LogP contribution in [0.4, 0.5) is 0 Å². The van der Waals surface area contributed by atoms with Crippen LogP contribution in [-0.2, 0) is 17.5 Å². The molecule has 1 saturated heterocycles. The van der Waals surface area contributed by atoms with E-state index in [-0.39, 0.29) is 10.3 Å². The molecule has 1 heterocycles. The van der Waals surface area contributed by atoms with Crippen molar-refractivity contribution >= 4 is 16.7 Å². The normalized spacial score (nSPS) is 22.6. The van der Waals surface area contributed by atoms with Gasteiger partial charge in [0.15, 0.2) is 0 Å². The quantitative estimate of drug-likeness (QED) is 0.855. The first-order valence-corrected chi connectivity index (χ1v) is 8.56. The van der Waals surface area contributed by atoms with E-state index in [0.717, 1.165) is 25.2 Å². The van der Waals surface area contributed by atoms with E-state index in [2.05, 4.69) is 47.4 Å². The van der Waals surface area contributed by atoms with Crippen LogP contribution in [0.3, 0.4) is 0 Å². The Kier molecular flexibility index (Phi) is 4.69. The van der Waals surface area contributed by atoms with Crippen LogP contribution in [0.25, 0.3) is 0 Å². The molecule has 1 aromatic rings. The maximum atomic E-state index is 12.2. The summed E-state index contributed by atoms with van der Waals surface area (Å²) in [6.07, 6.45) is 0.891. The van der Waals surface area contributed by atoms with Crippen LogP contribution in [0.5, 0.6) is 0 Å². The topological polar surface area (TPSA) is 32.7 Å². The lowest BCUT2D eigenvalue weighted by molar-refractivity contribution is 0.167. The van der Waals surface area contributed by atoms with Gasteiger partial charge in [-0.05, 0) is 40.2 Å². The molecule has 1 unspecified atom stereocenters. The third-order valence-corrected chi connectivity index (χ3v) is 5.29. The lowest BCUT2D eigenvalue weighted by Gasteiger charge is -2.30. The molecule has 4 heteroatoms. The number of likely N-dealkylation sites (tertiary alicyclic amines) is 1. The fourth-order valence-corrected chi connectivity index (χ4v) is 3.12. The Labute approximate surface area is 131 Å². The summed E-state index contributed by atoms with van der Waals surface area (Å²) in [6, 6.07) is 10.5. The van der Waals surface area contributed by atoms with Gasteiger partial charge in [-0.3, -0.25) is 4.90 Å². The molecule has 0 bridgehead atoms. The second-order valence-electron chi connectivity index (χ2n) is 7.35. The second-order valence-corrected chi connectivity index (χ2v) is 9.26. The molecular weight excluding hydrogens is 280 g/mol. The summed E-state index contributed by atoms with van der Waals surface area (Å²) in [5.41, 5.74) is 2.43. The van der Waals surface area contributed by atoms with Crippen LogP contribution in [0, 0.1) is 0 Å². The van der Waals surface area contributed by atoms with Crippen LogP contribution in [-0.4, -0.2) is 31.7 Å². The summed E-state index contributed by atoms with van der Waals surface area (Å²) in [4.78, 5) is 2.42. The predicted octanol–water partition coefficient (Wildman–Crippen LogP) is 3.57. The molecule has 0 radical (unpaired) electrons. The molecule has 0 saturated carbocycles. The molecule has 116 valence electrons. The van der Waals surface area contributed by atoms with Gasteiger partial charge in [0.2, 0.25) is 0 Å². The number of rotatable bonds is 3. The van der Waals surface area contributed by atoms with Gasteiger partial charge in [0.25, 0.3) is 0 Å². The van der Waals surface area contributed by atoms with Gasteiger partial charge in [-0.2, -0.15) is 4.40 Å². The summed E-state index contributed by atoms with van der Waals surface area (Å²) in [7, 11) is -1.16. The average molecular weight is 306 g/mol. The zero-order valence-corrected chi connectivity index (χ0v) is 14.5. The minimum Gasteiger partial charge on any atom is -0.288 e. The number of hydrogen-bond acceptors (Lipinski definition) is 2. The molecule has 0 aromatic heterocycles. The van der Waals surface area contributed by atoms with Crippen molar-refractivity contribution in [2.45, 2.75) is 57.9 Å². The number of nitrogens with zero attached hydrogens (tertiary/aromatic N) is 2. The van der Waals surface area contributed by atoms with E-state index in [1.807, 2.05) is 26.8 Å². The first-order valence-electron chi connectivity index (χ1n) is 7.46. The minimum atomic E-state index is -1.16. The molecule has 1 aliphatic heterocycles. The van der Waals surface area contributed by atoms with Crippen LogP contribution in [0.1, 0.15) is 46.6 Å². The zero-order chi connectivity index (χ0) is 15.7. The summed E-state index contributed by atoms with van der Waals surface area (Å²) in [5.74, 6) is 0. The Bertz CT molecular complexity index is 544. The average Bonchev–Trinajstić information content (AvgIpc) is 2.64. The third kappa shape index (κ3) is 4.24. The van der Waals surface area contributed by atoms with E-state index in [1.165, 1.54) is 5.56 Å². The number of hydrogen-bond donors (Lipinski definition) is 0. The van der Waals surface area contributed by atoms with Crippen molar-refractivity contribution in [2.24, 2.45) is 4.40 Å². The van der Waals surface area contributed by atoms with Crippen molar-refractivity contribution in [1.29, 1.82) is 0 Å². The third-order valence-electron chi connectivity index (χ3n) is 3.82. The fourth-order valence-electron chi connectivity index (χ4n) is 2.49. The van der Waals surface area contributed by atoms with Crippen molar-refractivity contribution in [2.75, 3.05) is 6.54 Å². The van der Waals surface area contributed by atoms with Crippen molar-refractivity contribution in [3.63, 3.8) is 0 Å². The van der Waals surface area contributed by atoms with Gasteiger partial charge in [-0.1, -0.05) is 30.3 Å². The van der Waals surface area contributed by atoms with Crippen molar-refractivity contribution in [1.82, 2.24) is 4.90 Å². The van der Waals surface area contributed by atoms with Gasteiger partial charge >= 0.3 is 0 Å². The smallest absolute Gasteiger partial charge is 0.144 e. The molecule has 21 heavy (non-hydrogen) atoms. The standard InChI is InChI=1S/C17H26N2OS/c1-16(2,3)21(20)18-15-11-17(4,5)19(13-15)12-14-9-7-6-8-10-14/h6-10H,11-13H2,1-5H3/b18-15+. The van der Waals surface area contributed by atoms with Crippen LogP contribution >= 0.6 is 0 Å². The largest absolute Gasteiger partial charge is 0.288 e. The highest BCUT2D eigenvalue weighted by atomic mass is 32.2. The van der Waals surface area contributed by atoms with Crippen LogP contribution in [0.15, 0.2) is 34.7 Å². The molecule has 0 amide bonds. The Morgan fingerprint density at radius 3 is 2.43 bits per heavy atom. The molecule has 1 aromatic carbocycles. The SMILES string of the molecule is CC1(C)C/C(=N\S(=O)C(C)(C)C)CN1Cc1ccccc1. The van der Waals surface area contributed by atoms with Gasteiger partial charge in [-0.25, -0.2) is 4.21 Å². The van der Waals surface area contributed by atoms with E-state index in [1.54, 1.807) is 0 Å². The maximum absolute atomic E-state index is 12.2. The first kappa shape index (κ1) is 16.4. The van der Waals surface area contributed by atoms with Crippen LogP contribution < -0.4 is 0 Å². The summed E-state index contributed by atoms with van der Waals surface area (Å²) in [6.45, 7) is 12.1. The predicted molar refractivity (Wildman–Crippen MR) is 90.9 cm³/mol. The van der Waals surface area contributed by atoms with Gasteiger partial charge in [0.05, 0.1) is 4.75 Å². The highest BCUT2D eigenvalue weighted by Gasteiger charge is 2.36. The van der Waals surface area contributed by atoms with E-state index in [0.29, 0.717) is 0 Å². The fraction of sp³-hybridized carbons (Fsp3) is 0.588.